The fraction of sp³-hybridized carbons (Fsp3) is 0.778. The van der Waals surface area contributed by atoms with Crippen LogP contribution in [0, 0.1) is 0 Å². The number of rotatable bonds is 4. The number of nitrogens with two attached hydrogens (primary N) is 1. The molecular weight excluding hydrogens is 182 g/mol. The minimum atomic E-state index is -0.511. The van der Waals surface area contributed by atoms with E-state index >= 15 is 0 Å². The Morgan fingerprint density at radius 3 is 2.71 bits per heavy atom. The van der Waals surface area contributed by atoms with Gasteiger partial charge in [0.25, 0.3) is 0 Å². The van der Waals surface area contributed by atoms with E-state index < -0.39 is 11.4 Å². The smallest absolute Gasteiger partial charge is 0.240 e. The minimum Gasteiger partial charge on any atom is -0.368 e. The average Bonchev–Trinajstić information content (AvgIpc) is 2.63. The van der Waals surface area contributed by atoms with Crippen LogP contribution in [-0.4, -0.2) is 30.4 Å². The van der Waals surface area contributed by atoms with Crippen molar-refractivity contribution >= 4 is 11.8 Å². The number of primary amides is 1. The number of hydrogen-bond acceptors (Lipinski definition) is 3. The van der Waals surface area contributed by atoms with Crippen LogP contribution in [0.4, 0.5) is 0 Å². The van der Waals surface area contributed by atoms with Crippen LogP contribution in [0.5, 0.6) is 0 Å². The van der Waals surface area contributed by atoms with Crippen molar-refractivity contribution in [1.82, 2.24) is 10.6 Å². The normalized spacial score (nSPS) is 26.1. The third kappa shape index (κ3) is 2.23. The van der Waals surface area contributed by atoms with Crippen molar-refractivity contribution in [3.8, 4) is 0 Å². The van der Waals surface area contributed by atoms with Gasteiger partial charge >= 0.3 is 0 Å². The Kier molecular flexibility index (Phi) is 3.46. The predicted molar refractivity (Wildman–Crippen MR) is 52.5 cm³/mol. The SMILES string of the molecule is CCC1(C(=O)NCC(N)=O)CCCN1. The summed E-state index contributed by atoms with van der Waals surface area (Å²) >= 11 is 0. The third-order valence-electron chi connectivity index (χ3n) is 2.71. The summed E-state index contributed by atoms with van der Waals surface area (Å²) in [7, 11) is 0. The molecule has 1 unspecified atom stereocenters. The molecule has 1 heterocycles. The lowest BCUT2D eigenvalue weighted by Crippen LogP contribution is -2.54. The fourth-order valence-corrected chi connectivity index (χ4v) is 1.80. The van der Waals surface area contributed by atoms with Crippen LogP contribution in [0.3, 0.4) is 0 Å². The maximum absolute atomic E-state index is 11.7. The van der Waals surface area contributed by atoms with Crippen LogP contribution in [0.15, 0.2) is 0 Å². The third-order valence-corrected chi connectivity index (χ3v) is 2.71. The molecule has 0 bridgehead atoms. The number of hydrogen-bond donors (Lipinski definition) is 3. The lowest BCUT2D eigenvalue weighted by molar-refractivity contribution is -0.129. The quantitative estimate of drug-likeness (QED) is 0.549. The Balaban J connectivity index is 2.52. The van der Waals surface area contributed by atoms with Gasteiger partial charge in [-0.3, -0.25) is 9.59 Å². The maximum atomic E-state index is 11.7. The molecule has 2 amide bonds. The van der Waals surface area contributed by atoms with Crippen LogP contribution in [-0.2, 0) is 9.59 Å². The lowest BCUT2D eigenvalue weighted by Gasteiger charge is -2.26. The molecule has 1 atom stereocenters. The van der Waals surface area contributed by atoms with Gasteiger partial charge in [-0.25, -0.2) is 0 Å². The second kappa shape index (κ2) is 4.41. The second-order valence-electron chi connectivity index (χ2n) is 3.61. The van der Waals surface area contributed by atoms with Crippen molar-refractivity contribution in [3.05, 3.63) is 0 Å². The number of amides is 2. The van der Waals surface area contributed by atoms with Crippen LogP contribution >= 0.6 is 0 Å². The van der Waals surface area contributed by atoms with E-state index in [1.165, 1.54) is 0 Å². The zero-order chi connectivity index (χ0) is 10.6. The van der Waals surface area contributed by atoms with E-state index in [4.69, 9.17) is 5.73 Å². The van der Waals surface area contributed by atoms with Crippen molar-refractivity contribution in [2.24, 2.45) is 5.73 Å². The van der Waals surface area contributed by atoms with Gasteiger partial charge in [-0.15, -0.1) is 0 Å². The molecule has 0 saturated carbocycles. The monoisotopic (exact) mass is 199 g/mol. The summed E-state index contributed by atoms with van der Waals surface area (Å²) in [6.07, 6.45) is 2.56. The van der Waals surface area contributed by atoms with Gasteiger partial charge in [-0.05, 0) is 25.8 Å². The maximum Gasteiger partial charge on any atom is 0.240 e. The first kappa shape index (κ1) is 11.0. The fourth-order valence-electron chi connectivity index (χ4n) is 1.80. The molecule has 1 aliphatic rings. The molecular formula is C9H17N3O2. The zero-order valence-corrected chi connectivity index (χ0v) is 8.43. The highest BCUT2D eigenvalue weighted by atomic mass is 16.2. The first-order valence-corrected chi connectivity index (χ1v) is 4.92. The Labute approximate surface area is 83.4 Å². The van der Waals surface area contributed by atoms with E-state index in [9.17, 15) is 9.59 Å². The van der Waals surface area contributed by atoms with Crippen molar-refractivity contribution in [2.75, 3.05) is 13.1 Å². The Hall–Kier alpha value is -1.10. The van der Waals surface area contributed by atoms with Gasteiger partial charge in [0.05, 0.1) is 12.1 Å². The summed E-state index contributed by atoms with van der Waals surface area (Å²) in [5, 5.41) is 5.72. The van der Waals surface area contributed by atoms with Crippen molar-refractivity contribution in [1.29, 1.82) is 0 Å². The largest absolute Gasteiger partial charge is 0.368 e. The lowest BCUT2D eigenvalue weighted by atomic mass is 9.93. The highest BCUT2D eigenvalue weighted by Gasteiger charge is 2.38. The van der Waals surface area contributed by atoms with Crippen LogP contribution in [0.25, 0.3) is 0 Å². The number of carbonyl (C=O) groups is 2. The van der Waals surface area contributed by atoms with Gasteiger partial charge in [0.1, 0.15) is 0 Å². The molecule has 0 aliphatic carbocycles. The standard InChI is InChI=1S/C9H17N3O2/c1-2-9(4-3-5-12-9)8(14)11-6-7(10)13/h12H,2-6H2,1H3,(H2,10,13)(H,11,14). The molecule has 1 rings (SSSR count). The first-order chi connectivity index (χ1) is 6.60. The van der Waals surface area contributed by atoms with Gasteiger partial charge in [-0.1, -0.05) is 6.92 Å². The molecule has 1 saturated heterocycles. The molecule has 0 aromatic heterocycles. The summed E-state index contributed by atoms with van der Waals surface area (Å²) in [6, 6.07) is 0. The molecule has 80 valence electrons. The van der Waals surface area contributed by atoms with Crippen molar-refractivity contribution in [3.63, 3.8) is 0 Å². The van der Waals surface area contributed by atoms with E-state index in [1.807, 2.05) is 6.92 Å². The summed E-state index contributed by atoms with van der Waals surface area (Å²) < 4.78 is 0. The molecule has 1 fully saturated rings. The molecule has 0 radical (unpaired) electrons. The molecule has 4 N–H and O–H groups in total. The van der Waals surface area contributed by atoms with Crippen LogP contribution in [0.2, 0.25) is 0 Å². The number of nitrogens with one attached hydrogen (secondary N) is 2. The highest BCUT2D eigenvalue weighted by Crippen LogP contribution is 2.22. The van der Waals surface area contributed by atoms with Crippen LogP contribution in [0.1, 0.15) is 26.2 Å². The topological polar surface area (TPSA) is 84.2 Å². The van der Waals surface area contributed by atoms with E-state index in [2.05, 4.69) is 10.6 Å². The molecule has 0 aromatic rings. The minimum absolute atomic E-state index is 0.0811. The van der Waals surface area contributed by atoms with Crippen molar-refractivity contribution < 1.29 is 9.59 Å². The van der Waals surface area contributed by atoms with E-state index in [1.54, 1.807) is 0 Å². The average molecular weight is 199 g/mol. The van der Waals surface area contributed by atoms with Gasteiger partial charge in [0.15, 0.2) is 0 Å². The van der Waals surface area contributed by atoms with Gasteiger partial charge in [0.2, 0.25) is 11.8 Å². The summed E-state index contributed by atoms with van der Waals surface area (Å²) in [6.45, 7) is 2.74. The Bertz CT molecular complexity index is 234. The van der Waals surface area contributed by atoms with Gasteiger partial charge in [-0.2, -0.15) is 0 Å². The summed E-state index contributed by atoms with van der Waals surface area (Å²) in [5.41, 5.74) is 4.47. The van der Waals surface area contributed by atoms with Gasteiger partial charge in [0, 0.05) is 0 Å². The molecule has 14 heavy (non-hydrogen) atoms. The number of carbonyl (C=O) groups excluding carboxylic acids is 2. The highest BCUT2D eigenvalue weighted by molar-refractivity contribution is 5.90. The van der Waals surface area contributed by atoms with E-state index in [-0.39, 0.29) is 12.5 Å². The Morgan fingerprint density at radius 2 is 2.29 bits per heavy atom. The summed E-state index contributed by atoms with van der Waals surface area (Å²) in [4.78, 5) is 22.2. The second-order valence-corrected chi connectivity index (χ2v) is 3.61. The predicted octanol–water partition coefficient (Wildman–Crippen LogP) is -0.880. The summed E-state index contributed by atoms with van der Waals surface area (Å²) in [5.74, 6) is -0.626. The zero-order valence-electron chi connectivity index (χ0n) is 8.43. The Morgan fingerprint density at radius 1 is 1.57 bits per heavy atom. The molecule has 5 nitrogen and oxygen atoms in total. The molecule has 0 aromatic carbocycles. The molecule has 5 heteroatoms. The molecule has 0 spiro atoms. The van der Waals surface area contributed by atoms with E-state index in [0.717, 1.165) is 25.8 Å². The first-order valence-electron chi connectivity index (χ1n) is 4.92. The van der Waals surface area contributed by atoms with Crippen LogP contribution < -0.4 is 16.4 Å². The van der Waals surface area contributed by atoms with E-state index in [0.29, 0.717) is 0 Å². The van der Waals surface area contributed by atoms with Crippen molar-refractivity contribution in [2.45, 2.75) is 31.7 Å². The van der Waals surface area contributed by atoms with Gasteiger partial charge < -0.3 is 16.4 Å². The molecule has 1 aliphatic heterocycles.